The van der Waals surface area contributed by atoms with Crippen LogP contribution in [0.5, 0.6) is 0 Å². The molecule has 56 valence electrons. The maximum absolute atomic E-state index is 8.59. The van der Waals surface area contributed by atoms with Crippen LogP contribution in [0.1, 0.15) is 11.6 Å². The first-order valence-electron chi connectivity index (χ1n) is 3.44. The van der Waals surface area contributed by atoms with Crippen molar-refractivity contribution in [3.8, 4) is 6.07 Å². The summed E-state index contributed by atoms with van der Waals surface area (Å²) in [6.07, 6.45) is 0. The lowest BCUT2D eigenvalue weighted by Gasteiger charge is -2.13. The molecule has 0 atom stereocenters. The second kappa shape index (κ2) is 2.32. The first-order valence-corrected chi connectivity index (χ1v) is 3.44. The molecule has 0 amide bonds. The summed E-state index contributed by atoms with van der Waals surface area (Å²) >= 11 is 0. The van der Waals surface area contributed by atoms with Gasteiger partial charge in [0, 0.05) is 13.1 Å². The Labute approximate surface area is 63.7 Å². The Morgan fingerprint density at radius 3 is 3.27 bits per heavy atom. The number of hydrogen-bond acceptors (Lipinski definition) is 4. The summed E-state index contributed by atoms with van der Waals surface area (Å²) in [7, 11) is 0. The summed E-state index contributed by atoms with van der Waals surface area (Å²) in [5, 5.41) is 19.3. The predicted molar refractivity (Wildman–Crippen MR) is 36.4 cm³/mol. The number of aromatic nitrogens is 3. The number of rotatable bonds is 0. The lowest BCUT2D eigenvalue weighted by Crippen LogP contribution is -2.28. The van der Waals surface area contributed by atoms with Gasteiger partial charge in [-0.05, 0) is 0 Å². The first-order chi connectivity index (χ1) is 5.42. The van der Waals surface area contributed by atoms with Gasteiger partial charge in [-0.1, -0.05) is 0 Å². The highest BCUT2D eigenvalue weighted by molar-refractivity contribution is 5.12. The lowest BCUT2D eigenvalue weighted by atomic mass is 10.4. The summed E-state index contributed by atoms with van der Waals surface area (Å²) in [5.41, 5.74) is 0. The maximum Gasteiger partial charge on any atom is 0.235 e. The van der Waals surface area contributed by atoms with E-state index in [0.29, 0.717) is 12.4 Å². The van der Waals surface area contributed by atoms with Gasteiger partial charge in [0.2, 0.25) is 5.82 Å². The topological polar surface area (TPSA) is 66.5 Å². The molecule has 5 heteroatoms. The van der Waals surface area contributed by atoms with Crippen LogP contribution < -0.4 is 5.32 Å². The molecular weight excluding hydrogens is 142 g/mol. The zero-order valence-electron chi connectivity index (χ0n) is 5.91. The van der Waals surface area contributed by atoms with Crippen molar-refractivity contribution in [1.82, 2.24) is 20.1 Å². The molecule has 0 fully saturated rings. The van der Waals surface area contributed by atoms with Crippen LogP contribution in [0.2, 0.25) is 0 Å². The van der Waals surface area contributed by atoms with Crippen molar-refractivity contribution in [2.45, 2.75) is 13.1 Å². The van der Waals surface area contributed by atoms with E-state index >= 15 is 0 Å². The highest BCUT2D eigenvalue weighted by Crippen LogP contribution is 2.03. The third kappa shape index (κ3) is 0.880. The monoisotopic (exact) mass is 149 g/mol. The highest BCUT2D eigenvalue weighted by atomic mass is 15.3. The van der Waals surface area contributed by atoms with Gasteiger partial charge >= 0.3 is 0 Å². The van der Waals surface area contributed by atoms with Crippen molar-refractivity contribution in [3.63, 3.8) is 0 Å². The van der Waals surface area contributed by atoms with Crippen LogP contribution in [0.25, 0.3) is 0 Å². The Balaban J connectivity index is 2.48. The van der Waals surface area contributed by atoms with Crippen molar-refractivity contribution < 1.29 is 0 Å². The second-order valence-corrected chi connectivity index (χ2v) is 2.38. The Hall–Kier alpha value is -1.41. The van der Waals surface area contributed by atoms with Gasteiger partial charge in [0.05, 0.1) is 6.54 Å². The maximum atomic E-state index is 8.59. The SMILES string of the molecule is N#Cc1nnc2n1CCNC2. The van der Waals surface area contributed by atoms with Crippen LogP contribution in [0, 0.1) is 11.3 Å². The zero-order valence-corrected chi connectivity index (χ0v) is 5.91. The molecule has 0 saturated carbocycles. The molecule has 0 saturated heterocycles. The third-order valence-electron chi connectivity index (χ3n) is 1.72. The molecule has 1 aliphatic rings. The van der Waals surface area contributed by atoms with Crippen molar-refractivity contribution in [1.29, 1.82) is 5.26 Å². The van der Waals surface area contributed by atoms with Crippen molar-refractivity contribution in [2.24, 2.45) is 0 Å². The van der Waals surface area contributed by atoms with Crippen LogP contribution >= 0.6 is 0 Å². The normalized spacial score (nSPS) is 15.5. The van der Waals surface area contributed by atoms with E-state index < -0.39 is 0 Å². The van der Waals surface area contributed by atoms with Crippen molar-refractivity contribution in [3.05, 3.63) is 11.6 Å². The molecule has 5 nitrogen and oxygen atoms in total. The van der Waals surface area contributed by atoms with Gasteiger partial charge in [-0.15, -0.1) is 10.2 Å². The molecule has 1 N–H and O–H groups in total. The van der Waals surface area contributed by atoms with E-state index in [1.165, 1.54) is 0 Å². The molecular formula is C6H7N5. The molecule has 0 radical (unpaired) electrons. The second-order valence-electron chi connectivity index (χ2n) is 2.38. The van der Waals surface area contributed by atoms with Crippen LogP contribution in [0.3, 0.4) is 0 Å². The minimum Gasteiger partial charge on any atom is -0.308 e. The smallest absolute Gasteiger partial charge is 0.235 e. The standard InChI is InChI=1S/C6H7N5/c7-3-5-9-10-6-4-8-1-2-11(5)6/h8H,1-2,4H2. The van der Waals surface area contributed by atoms with E-state index in [2.05, 4.69) is 15.5 Å². The van der Waals surface area contributed by atoms with Crippen molar-refractivity contribution in [2.75, 3.05) is 6.54 Å². The van der Waals surface area contributed by atoms with Gasteiger partial charge in [-0.25, -0.2) is 0 Å². The largest absolute Gasteiger partial charge is 0.308 e. The first kappa shape index (κ1) is 6.31. The van der Waals surface area contributed by atoms with Gasteiger partial charge in [-0.3, -0.25) is 0 Å². The van der Waals surface area contributed by atoms with Crippen LogP contribution in [-0.4, -0.2) is 21.3 Å². The third-order valence-corrected chi connectivity index (χ3v) is 1.72. The number of fused-ring (bicyclic) bond motifs is 1. The molecule has 0 bridgehead atoms. The summed E-state index contributed by atoms with van der Waals surface area (Å²) in [4.78, 5) is 0. The Bertz CT molecular complexity index is 307. The fraction of sp³-hybridized carbons (Fsp3) is 0.500. The zero-order chi connectivity index (χ0) is 7.68. The van der Waals surface area contributed by atoms with Gasteiger partial charge in [-0.2, -0.15) is 5.26 Å². The average molecular weight is 149 g/mol. The van der Waals surface area contributed by atoms with Gasteiger partial charge in [0.15, 0.2) is 0 Å². The fourth-order valence-electron chi connectivity index (χ4n) is 1.17. The Morgan fingerprint density at radius 2 is 2.45 bits per heavy atom. The molecule has 0 aromatic carbocycles. The molecule has 0 spiro atoms. The van der Waals surface area contributed by atoms with E-state index in [9.17, 15) is 0 Å². The van der Waals surface area contributed by atoms with E-state index in [4.69, 9.17) is 5.26 Å². The Morgan fingerprint density at radius 1 is 1.55 bits per heavy atom. The van der Waals surface area contributed by atoms with Crippen LogP contribution in [0.15, 0.2) is 0 Å². The highest BCUT2D eigenvalue weighted by Gasteiger charge is 2.13. The summed E-state index contributed by atoms with van der Waals surface area (Å²) in [6.45, 7) is 2.40. The van der Waals surface area contributed by atoms with Crippen LogP contribution in [-0.2, 0) is 13.1 Å². The molecule has 0 unspecified atom stereocenters. The van der Waals surface area contributed by atoms with Gasteiger partial charge in [0.1, 0.15) is 11.9 Å². The van der Waals surface area contributed by atoms with E-state index in [-0.39, 0.29) is 0 Å². The molecule has 1 aliphatic heterocycles. The molecule has 1 aromatic rings. The van der Waals surface area contributed by atoms with Crippen LogP contribution in [0.4, 0.5) is 0 Å². The molecule has 0 aliphatic carbocycles. The number of nitrogens with zero attached hydrogens (tertiary/aromatic N) is 4. The van der Waals surface area contributed by atoms with E-state index in [1.54, 1.807) is 0 Å². The quantitative estimate of drug-likeness (QED) is 0.527. The molecule has 11 heavy (non-hydrogen) atoms. The van der Waals surface area contributed by atoms with Gasteiger partial charge in [0.25, 0.3) is 0 Å². The molecule has 1 aromatic heterocycles. The average Bonchev–Trinajstić information content (AvgIpc) is 2.47. The predicted octanol–water partition coefficient (Wildman–Crippen LogP) is -0.747. The summed E-state index contributed by atoms with van der Waals surface area (Å²) in [6, 6.07) is 2.00. The number of hydrogen-bond donors (Lipinski definition) is 1. The summed E-state index contributed by atoms with van der Waals surface area (Å²) < 4.78 is 1.84. The van der Waals surface area contributed by atoms with Gasteiger partial charge < -0.3 is 9.88 Å². The minimum atomic E-state index is 0.418. The fourth-order valence-corrected chi connectivity index (χ4v) is 1.17. The lowest BCUT2D eigenvalue weighted by molar-refractivity contribution is 0.502. The minimum absolute atomic E-state index is 0.418. The molecule has 2 rings (SSSR count). The Kier molecular flexibility index (Phi) is 1.33. The molecule has 2 heterocycles. The van der Waals surface area contributed by atoms with E-state index in [1.807, 2.05) is 10.6 Å². The summed E-state index contributed by atoms with van der Waals surface area (Å²) in [5.74, 6) is 1.27. The van der Waals surface area contributed by atoms with E-state index in [0.717, 1.165) is 18.9 Å². The number of nitriles is 1. The number of nitrogens with one attached hydrogen (secondary N) is 1. The van der Waals surface area contributed by atoms with Crippen molar-refractivity contribution >= 4 is 0 Å².